The highest BCUT2D eigenvalue weighted by Gasteiger charge is 2.55. The van der Waals surface area contributed by atoms with Gasteiger partial charge >= 0.3 is 0 Å². The molecule has 0 unspecified atom stereocenters. The zero-order chi connectivity index (χ0) is 13.9. The molecule has 0 heterocycles. The van der Waals surface area contributed by atoms with Crippen LogP contribution in [0, 0.1) is 5.92 Å². The van der Waals surface area contributed by atoms with Crippen molar-refractivity contribution < 1.29 is 18.6 Å². The van der Waals surface area contributed by atoms with Crippen molar-refractivity contribution in [3.63, 3.8) is 0 Å². The zero-order valence-electron chi connectivity index (χ0n) is 10.7. The summed E-state index contributed by atoms with van der Waals surface area (Å²) in [7, 11) is 0. The van der Waals surface area contributed by atoms with Crippen molar-refractivity contribution in [1.29, 1.82) is 0 Å². The molecule has 1 fully saturated rings. The number of benzene rings is 1. The summed E-state index contributed by atoms with van der Waals surface area (Å²) >= 11 is 0. The van der Waals surface area contributed by atoms with Gasteiger partial charge in [0.2, 0.25) is 6.86 Å². The van der Waals surface area contributed by atoms with Gasteiger partial charge in [-0.1, -0.05) is 12.1 Å². The zero-order valence-corrected chi connectivity index (χ0v) is 10.7. The topological polar surface area (TPSA) is 55.5 Å². The summed E-state index contributed by atoms with van der Waals surface area (Å²) in [5, 5.41) is 9.00. The molecule has 1 aliphatic rings. The maximum atomic E-state index is 13.5. The van der Waals surface area contributed by atoms with E-state index in [1.165, 1.54) is 0 Å². The third kappa shape index (κ3) is 2.44. The van der Waals surface area contributed by atoms with Crippen LogP contribution in [-0.2, 0) is 12.0 Å². The molecule has 1 aliphatic carbocycles. The van der Waals surface area contributed by atoms with E-state index < -0.39 is 19.0 Å². The maximum absolute atomic E-state index is 13.5. The summed E-state index contributed by atoms with van der Waals surface area (Å²) in [5.74, 6) is 0.499. The molecule has 1 aromatic carbocycles. The Morgan fingerprint density at radius 2 is 2.21 bits per heavy atom. The first-order chi connectivity index (χ1) is 9.23. The molecule has 19 heavy (non-hydrogen) atoms. The lowest BCUT2D eigenvalue weighted by atomic mass is 9.89. The number of hydrogen-bond donors (Lipinski definition) is 2. The molecule has 2 atom stereocenters. The van der Waals surface area contributed by atoms with E-state index in [1.54, 1.807) is 12.1 Å². The Morgan fingerprint density at radius 1 is 1.42 bits per heavy atom. The fraction of sp³-hybridized carbons (Fsp3) is 0.571. The Balaban J connectivity index is 2.36. The van der Waals surface area contributed by atoms with Crippen LogP contribution < -0.4 is 10.5 Å². The first kappa shape index (κ1) is 14.2. The molecule has 3 N–H and O–H groups in total. The van der Waals surface area contributed by atoms with Crippen LogP contribution in [0.1, 0.15) is 24.0 Å². The summed E-state index contributed by atoms with van der Waals surface area (Å²) in [6.07, 6.45) is 1.26. The van der Waals surface area contributed by atoms with E-state index in [1.807, 2.05) is 6.07 Å². The minimum absolute atomic E-state index is 0.0467. The second-order valence-corrected chi connectivity index (χ2v) is 4.94. The van der Waals surface area contributed by atoms with Gasteiger partial charge in [-0.25, -0.2) is 4.39 Å². The van der Waals surface area contributed by atoms with Gasteiger partial charge in [-0.05, 0) is 30.4 Å². The molecule has 0 saturated heterocycles. The number of hydrogen-bond acceptors (Lipinski definition) is 3. The Bertz CT molecular complexity index is 441. The van der Waals surface area contributed by atoms with Gasteiger partial charge in [-0.2, -0.15) is 0 Å². The van der Waals surface area contributed by atoms with Crippen molar-refractivity contribution in [1.82, 2.24) is 0 Å². The number of aliphatic hydroxyl groups is 1. The lowest BCUT2D eigenvalue weighted by Crippen LogP contribution is -2.18. The molecule has 0 bridgehead atoms. The van der Waals surface area contributed by atoms with Crippen LogP contribution in [0.25, 0.3) is 0 Å². The van der Waals surface area contributed by atoms with Crippen LogP contribution in [0.4, 0.5) is 8.78 Å². The van der Waals surface area contributed by atoms with Crippen molar-refractivity contribution in [2.24, 2.45) is 11.7 Å². The van der Waals surface area contributed by atoms with Crippen LogP contribution in [0.15, 0.2) is 18.2 Å². The molecular formula is C14H19F2NO2. The second kappa shape index (κ2) is 5.84. The van der Waals surface area contributed by atoms with E-state index in [0.717, 1.165) is 5.56 Å². The van der Waals surface area contributed by atoms with E-state index in [9.17, 15) is 8.78 Å². The van der Waals surface area contributed by atoms with Gasteiger partial charge in [-0.3, -0.25) is 4.39 Å². The molecule has 3 nitrogen and oxygen atoms in total. The molecule has 1 saturated carbocycles. The Hall–Kier alpha value is -1.20. The minimum atomic E-state index is -0.931. The lowest BCUT2D eigenvalue weighted by molar-refractivity contribution is 0.189. The van der Waals surface area contributed by atoms with Crippen LogP contribution in [0.5, 0.6) is 5.75 Å². The number of nitrogens with two attached hydrogens (primary N) is 1. The second-order valence-electron chi connectivity index (χ2n) is 4.94. The summed E-state index contributed by atoms with van der Waals surface area (Å²) in [6.45, 7) is -1.20. The SMILES string of the molecule is NCc1c(OCF)cccc1[C@]1(CF)C[C@H]1CCO. The number of aliphatic hydroxyl groups excluding tert-OH is 1. The fourth-order valence-corrected chi connectivity index (χ4v) is 2.92. The third-order valence-electron chi connectivity index (χ3n) is 4.03. The maximum Gasteiger partial charge on any atom is 0.228 e. The van der Waals surface area contributed by atoms with Crippen molar-refractivity contribution in [3.8, 4) is 5.75 Å². The standard InChI is InChI=1S/C14H19F2NO2/c15-8-14(6-10(14)4-5-18)12-2-1-3-13(19-9-16)11(12)7-17/h1-3,10,18H,4-9,17H2/t10-,14+/m1/s1. The third-order valence-corrected chi connectivity index (χ3v) is 4.03. The van der Waals surface area contributed by atoms with Crippen LogP contribution >= 0.6 is 0 Å². The van der Waals surface area contributed by atoms with Crippen molar-refractivity contribution in [3.05, 3.63) is 29.3 Å². The van der Waals surface area contributed by atoms with Crippen molar-refractivity contribution in [2.75, 3.05) is 20.1 Å². The molecule has 0 aliphatic heterocycles. The summed E-state index contributed by atoms with van der Waals surface area (Å²) in [6, 6.07) is 5.19. The first-order valence-corrected chi connectivity index (χ1v) is 6.41. The summed E-state index contributed by atoms with van der Waals surface area (Å²) in [5.41, 5.74) is 6.59. The molecule has 2 rings (SSSR count). The first-order valence-electron chi connectivity index (χ1n) is 6.41. The van der Waals surface area contributed by atoms with Gasteiger partial charge in [0.05, 0.1) is 6.67 Å². The van der Waals surface area contributed by atoms with Gasteiger partial charge in [-0.15, -0.1) is 0 Å². The smallest absolute Gasteiger partial charge is 0.228 e. The number of rotatable bonds is 7. The van der Waals surface area contributed by atoms with Crippen LogP contribution in [0.3, 0.4) is 0 Å². The molecule has 5 heteroatoms. The quantitative estimate of drug-likeness (QED) is 0.798. The van der Waals surface area contributed by atoms with Crippen LogP contribution in [0.2, 0.25) is 0 Å². The summed E-state index contributed by atoms with van der Waals surface area (Å²) in [4.78, 5) is 0. The van der Waals surface area contributed by atoms with E-state index in [4.69, 9.17) is 15.6 Å². The van der Waals surface area contributed by atoms with Crippen molar-refractivity contribution in [2.45, 2.75) is 24.8 Å². The highest BCUT2D eigenvalue weighted by atomic mass is 19.1. The number of ether oxygens (including phenoxy) is 1. The highest BCUT2D eigenvalue weighted by molar-refractivity contribution is 5.48. The van der Waals surface area contributed by atoms with Gasteiger partial charge in [0.25, 0.3) is 0 Å². The molecule has 0 spiro atoms. The molecule has 106 valence electrons. The Labute approximate surface area is 111 Å². The van der Waals surface area contributed by atoms with Gasteiger partial charge < -0.3 is 15.6 Å². The number of alkyl halides is 2. The van der Waals surface area contributed by atoms with E-state index in [0.29, 0.717) is 24.2 Å². The monoisotopic (exact) mass is 271 g/mol. The number of halogens is 2. The molecular weight excluding hydrogens is 252 g/mol. The highest BCUT2D eigenvalue weighted by Crippen LogP contribution is 2.57. The van der Waals surface area contributed by atoms with Gasteiger partial charge in [0, 0.05) is 24.1 Å². The largest absolute Gasteiger partial charge is 0.463 e. The average molecular weight is 271 g/mol. The Kier molecular flexibility index (Phi) is 4.37. The molecule has 0 radical (unpaired) electrons. The molecule has 0 amide bonds. The predicted octanol–water partition coefficient (Wildman–Crippen LogP) is 2.06. The van der Waals surface area contributed by atoms with E-state index in [2.05, 4.69) is 0 Å². The molecule has 1 aromatic rings. The predicted molar refractivity (Wildman–Crippen MR) is 68.4 cm³/mol. The van der Waals surface area contributed by atoms with Gasteiger partial charge in [0.15, 0.2) is 0 Å². The van der Waals surface area contributed by atoms with E-state index in [-0.39, 0.29) is 19.1 Å². The summed E-state index contributed by atoms with van der Waals surface area (Å²) < 4.78 is 30.8. The average Bonchev–Trinajstić information content (AvgIpc) is 3.14. The molecule has 0 aromatic heterocycles. The minimum Gasteiger partial charge on any atom is -0.463 e. The van der Waals surface area contributed by atoms with E-state index >= 15 is 0 Å². The van der Waals surface area contributed by atoms with Crippen molar-refractivity contribution >= 4 is 0 Å². The Morgan fingerprint density at radius 3 is 2.79 bits per heavy atom. The van der Waals surface area contributed by atoms with Gasteiger partial charge in [0.1, 0.15) is 5.75 Å². The van der Waals surface area contributed by atoms with Crippen LogP contribution in [-0.4, -0.2) is 25.2 Å². The lowest BCUT2D eigenvalue weighted by Gasteiger charge is -2.20. The fourth-order valence-electron chi connectivity index (χ4n) is 2.92. The normalized spacial score (nSPS) is 25.4.